The van der Waals surface area contributed by atoms with Crippen molar-refractivity contribution in [1.82, 2.24) is 0 Å². The van der Waals surface area contributed by atoms with Crippen molar-refractivity contribution in [2.45, 2.75) is 123 Å². The minimum atomic E-state index is -0.303. The second kappa shape index (κ2) is 11.5. The van der Waals surface area contributed by atoms with Gasteiger partial charge in [0.05, 0.1) is 5.60 Å². The summed E-state index contributed by atoms with van der Waals surface area (Å²) in [5, 5.41) is 10.6. The van der Waals surface area contributed by atoms with Gasteiger partial charge in [-0.15, -0.1) is 0 Å². The monoisotopic (exact) mass is 324 g/mol. The van der Waals surface area contributed by atoms with E-state index >= 15 is 0 Å². The Bertz CT molecular complexity index is 278. The van der Waals surface area contributed by atoms with E-state index in [2.05, 4.69) is 27.7 Å². The van der Waals surface area contributed by atoms with Crippen LogP contribution in [0, 0.1) is 17.8 Å². The maximum atomic E-state index is 10.6. The van der Waals surface area contributed by atoms with Crippen molar-refractivity contribution in [2.24, 2.45) is 17.8 Å². The molecule has 2 atom stereocenters. The summed E-state index contributed by atoms with van der Waals surface area (Å²) in [6.45, 7) is 9.50. The molecule has 1 fully saturated rings. The molecule has 1 aliphatic rings. The molecule has 0 saturated heterocycles. The van der Waals surface area contributed by atoms with Crippen molar-refractivity contribution in [3.05, 3.63) is 0 Å². The van der Waals surface area contributed by atoms with Gasteiger partial charge in [0.15, 0.2) is 0 Å². The van der Waals surface area contributed by atoms with Crippen LogP contribution in [0.2, 0.25) is 0 Å². The summed E-state index contributed by atoms with van der Waals surface area (Å²) in [6, 6.07) is 0. The third kappa shape index (κ3) is 10.4. The number of rotatable bonds is 12. The van der Waals surface area contributed by atoms with E-state index in [9.17, 15) is 5.11 Å². The van der Waals surface area contributed by atoms with E-state index in [1.165, 1.54) is 70.6 Å². The summed E-state index contributed by atoms with van der Waals surface area (Å²) in [5.41, 5.74) is -0.303. The lowest BCUT2D eigenvalue weighted by Gasteiger charge is -2.32. The number of hydrogen-bond acceptors (Lipinski definition) is 1. The molecule has 1 N–H and O–H groups in total. The minimum absolute atomic E-state index is 0.303. The summed E-state index contributed by atoms with van der Waals surface area (Å²) in [4.78, 5) is 0. The van der Waals surface area contributed by atoms with Gasteiger partial charge in [-0.3, -0.25) is 0 Å². The van der Waals surface area contributed by atoms with Crippen molar-refractivity contribution in [1.29, 1.82) is 0 Å². The lowest BCUT2D eigenvalue weighted by molar-refractivity contribution is -0.00656. The van der Waals surface area contributed by atoms with Crippen molar-refractivity contribution in [3.8, 4) is 0 Å². The number of hydrogen-bond donors (Lipinski definition) is 1. The molecule has 0 bridgehead atoms. The molecule has 0 radical (unpaired) electrons. The number of aliphatic hydroxyl groups is 1. The van der Waals surface area contributed by atoms with E-state index in [-0.39, 0.29) is 5.60 Å². The largest absolute Gasteiger partial charge is 0.390 e. The highest BCUT2D eigenvalue weighted by Crippen LogP contribution is 2.33. The van der Waals surface area contributed by atoms with E-state index < -0.39 is 0 Å². The minimum Gasteiger partial charge on any atom is -0.390 e. The van der Waals surface area contributed by atoms with Crippen LogP contribution in [0.4, 0.5) is 0 Å². The Morgan fingerprint density at radius 2 is 1.17 bits per heavy atom. The van der Waals surface area contributed by atoms with E-state index in [1.807, 2.05) is 0 Å². The normalized spacial score (nSPS) is 20.6. The molecular formula is C22H44O. The smallest absolute Gasteiger partial charge is 0.0647 e. The SMILES string of the molecule is CC(C)CCCC(C)CCCC(C)CCCC1(O)CCCCC1. The second-order valence-corrected chi connectivity index (χ2v) is 9.14. The average Bonchev–Trinajstić information content (AvgIpc) is 2.47. The molecular weight excluding hydrogens is 280 g/mol. The van der Waals surface area contributed by atoms with Gasteiger partial charge >= 0.3 is 0 Å². The molecule has 1 aliphatic carbocycles. The molecule has 0 amide bonds. The van der Waals surface area contributed by atoms with Crippen LogP contribution < -0.4 is 0 Å². The maximum absolute atomic E-state index is 10.6. The summed E-state index contributed by atoms with van der Waals surface area (Å²) in [6.07, 6.45) is 17.9. The van der Waals surface area contributed by atoms with E-state index in [0.717, 1.165) is 37.0 Å². The zero-order chi connectivity index (χ0) is 17.1. The standard InChI is InChI=1S/C22H44O/c1-19(2)11-8-12-20(3)13-9-14-21(4)15-10-18-22(23)16-6-5-7-17-22/h19-21,23H,5-18H2,1-4H3. The lowest BCUT2D eigenvalue weighted by Crippen LogP contribution is -2.31. The molecule has 0 aromatic rings. The van der Waals surface area contributed by atoms with Crippen LogP contribution in [0.3, 0.4) is 0 Å². The van der Waals surface area contributed by atoms with Crippen LogP contribution in [-0.4, -0.2) is 10.7 Å². The van der Waals surface area contributed by atoms with Crippen molar-refractivity contribution < 1.29 is 5.11 Å². The first-order valence-electron chi connectivity index (χ1n) is 10.6. The van der Waals surface area contributed by atoms with Crippen molar-refractivity contribution in [2.75, 3.05) is 0 Å². The van der Waals surface area contributed by atoms with Crippen LogP contribution in [-0.2, 0) is 0 Å². The average molecular weight is 325 g/mol. The second-order valence-electron chi connectivity index (χ2n) is 9.14. The highest BCUT2D eigenvalue weighted by atomic mass is 16.3. The summed E-state index contributed by atoms with van der Waals surface area (Å²) < 4.78 is 0. The molecule has 1 heteroatoms. The molecule has 1 rings (SSSR count). The van der Waals surface area contributed by atoms with Crippen LogP contribution >= 0.6 is 0 Å². The predicted molar refractivity (Wildman–Crippen MR) is 103 cm³/mol. The molecule has 138 valence electrons. The first kappa shape index (κ1) is 21.0. The Morgan fingerprint density at radius 1 is 0.696 bits per heavy atom. The fourth-order valence-electron chi connectivity index (χ4n) is 4.22. The molecule has 0 aromatic carbocycles. The first-order valence-corrected chi connectivity index (χ1v) is 10.6. The fraction of sp³-hybridized carbons (Fsp3) is 1.00. The van der Waals surface area contributed by atoms with Gasteiger partial charge in [-0.2, -0.15) is 0 Å². The Labute approximate surface area is 146 Å². The molecule has 0 spiro atoms. The van der Waals surface area contributed by atoms with Gasteiger partial charge in [0.2, 0.25) is 0 Å². The molecule has 23 heavy (non-hydrogen) atoms. The van der Waals surface area contributed by atoms with Crippen molar-refractivity contribution in [3.63, 3.8) is 0 Å². The summed E-state index contributed by atoms with van der Waals surface area (Å²) >= 11 is 0. The van der Waals surface area contributed by atoms with Gasteiger partial charge in [0.1, 0.15) is 0 Å². The van der Waals surface area contributed by atoms with Gasteiger partial charge < -0.3 is 5.11 Å². The van der Waals surface area contributed by atoms with Crippen LogP contribution in [0.15, 0.2) is 0 Å². The Kier molecular flexibility index (Phi) is 10.5. The highest BCUT2D eigenvalue weighted by molar-refractivity contribution is 4.82. The third-order valence-corrected chi connectivity index (χ3v) is 6.00. The van der Waals surface area contributed by atoms with Gasteiger partial charge in [0.25, 0.3) is 0 Å². The predicted octanol–water partition coefficient (Wildman–Crippen LogP) is 7.12. The van der Waals surface area contributed by atoms with Crippen LogP contribution in [0.25, 0.3) is 0 Å². The molecule has 0 heterocycles. The zero-order valence-electron chi connectivity index (χ0n) is 16.6. The topological polar surface area (TPSA) is 20.2 Å². The van der Waals surface area contributed by atoms with Gasteiger partial charge in [0, 0.05) is 0 Å². The molecule has 1 saturated carbocycles. The molecule has 0 aliphatic heterocycles. The van der Waals surface area contributed by atoms with Gasteiger partial charge in [-0.25, -0.2) is 0 Å². The van der Waals surface area contributed by atoms with Gasteiger partial charge in [-0.05, 0) is 37.0 Å². The van der Waals surface area contributed by atoms with E-state index in [4.69, 9.17) is 0 Å². The molecule has 1 nitrogen and oxygen atoms in total. The van der Waals surface area contributed by atoms with E-state index in [0.29, 0.717) is 0 Å². The first-order chi connectivity index (χ1) is 10.9. The molecule has 0 aromatic heterocycles. The fourth-order valence-corrected chi connectivity index (χ4v) is 4.22. The summed E-state index contributed by atoms with van der Waals surface area (Å²) in [7, 11) is 0. The van der Waals surface area contributed by atoms with E-state index in [1.54, 1.807) is 0 Å². The zero-order valence-corrected chi connectivity index (χ0v) is 16.6. The van der Waals surface area contributed by atoms with Crippen LogP contribution in [0.1, 0.15) is 118 Å². The lowest BCUT2D eigenvalue weighted by atomic mass is 9.80. The molecule has 2 unspecified atom stereocenters. The van der Waals surface area contributed by atoms with Crippen molar-refractivity contribution >= 4 is 0 Å². The maximum Gasteiger partial charge on any atom is 0.0647 e. The quantitative estimate of drug-likeness (QED) is 0.405. The Balaban J connectivity index is 2.00. The van der Waals surface area contributed by atoms with Crippen LogP contribution in [0.5, 0.6) is 0 Å². The third-order valence-electron chi connectivity index (χ3n) is 6.00. The van der Waals surface area contributed by atoms with Gasteiger partial charge in [-0.1, -0.05) is 98.3 Å². The Morgan fingerprint density at radius 3 is 1.70 bits per heavy atom. The summed E-state index contributed by atoms with van der Waals surface area (Å²) in [5.74, 6) is 2.61. The highest BCUT2D eigenvalue weighted by Gasteiger charge is 2.28. The Hall–Kier alpha value is -0.0400.